The van der Waals surface area contributed by atoms with E-state index in [0.29, 0.717) is 0 Å². The summed E-state index contributed by atoms with van der Waals surface area (Å²) < 4.78 is 0.913. The molecule has 0 fully saturated rings. The Hall–Kier alpha value is -1.87. The maximum Gasteiger partial charge on any atom is 0.248 e. The molecular formula is C16H14BrNO. The van der Waals surface area contributed by atoms with Crippen molar-refractivity contribution >= 4 is 33.6 Å². The predicted molar refractivity (Wildman–Crippen MR) is 83.0 cm³/mol. The van der Waals surface area contributed by atoms with Crippen LogP contribution < -0.4 is 5.32 Å². The smallest absolute Gasteiger partial charge is 0.248 e. The molecule has 0 saturated carbocycles. The highest BCUT2D eigenvalue weighted by Crippen LogP contribution is 2.25. The molecule has 0 aliphatic heterocycles. The number of amides is 1. The predicted octanol–water partition coefficient (Wildman–Crippen LogP) is 4.41. The number of carbonyl (C=O) groups excluding carboxylic acids is 1. The summed E-state index contributed by atoms with van der Waals surface area (Å²) in [4.78, 5) is 11.8. The molecule has 2 aromatic rings. The van der Waals surface area contributed by atoms with Gasteiger partial charge in [-0.25, -0.2) is 0 Å². The van der Waals surface area contributed by atoms with Crippen LogP contribution in [0.3, 0.4) is 0 Å². The van der Waals surface area contributed by atoms with Gasteiger partial charge in [0.1, 0.15) is 0 Å². The van der Waals surface area contributed by atoms with Crippen LogP contribution in [0.15, 0.2) is 59.1 Å². The van der Waals surface area contributed by atoms with Gasteiger partial charge in [0.2, 0.25) is 5.91 Å². The van der Waals surface area contributed by atoms with Crippen molar-refractivity contribution in [3.05, 3.63) is 70.2 Å². The number of aryl methyl sites for hydroxylation is 1. The number of hydrogen-bond donors (Lipinski definition) is 1. The van der Waals surface area contributed by atoms with Gasteiger partial charge in [0.15, 0.2) is 0 Å². The van der Waals surface area contributed by atoms with E-state index in [1.54, 1.807) is 6.08 Å². The molecule has 2 aromatic carbocycles. The molecule has 0 atom stereocenters. The van der Waals surface area contributed by atoms with Gasteiger partial charge in [-0.05, 0) is 46.1 Å². The Bertz CT molecular complexity index is 605. The normalized spacial score (nSPS) is 10.6. The highest BCUT2D eigenvalue weighted by Gasteiger charge is 2.04. The van der Waals surface area contributed by atoms with E-state index in [4.69, 9.17) is 0 Å². The van der Waals surface area contributed by atoms with Crippen molar-refractivity contribution in [1.29, 1.82) is 0 Å². The van der Waals surface area contributed by atoms with Crippen LogP contribution in [-0.2, 0) is 4.79 Å². The zero-order valence-corrected chi connectivity index (χ0v) is 12.1. The van der Waals surface area contributed by atoms with Gasteiger partial charge >= 0.3 is 0 Å². The highest BCUT2D eigenvalue weighted by molar-refractivity contribution is 9.10. The molecule has 2 nitrogen and oxygen atoms in total. The lowest BCUT2D eigenvalue weighted by Gasteiger charge is -2.07. The molecule has 0 heterocycles. The minimum Gasteiger partial charge on any atom is -0.321 e. The van der Waals surface area contributed by atoms with Crippen molar-refractivity contribution in [2.24, 2.45) is 0 Å². The van der Waals surface area contributed by atoms with Crippen LogP contribution in [0.1, 0.15) is 11.1 Å². The third-order valence-electron chi connectivity index (χ3n) is 2.68. The number of carbonyl (C=O) groups is 1. The zero-order valence-electron chi connectivity index (χ0n) is 10.6. The van der Waals surface area contributed by atoms with Gasteiger partial charge in [-0.3, -0.25) is 4.79 Å². The lowest BCUT2D eigenvalue weighted by Crippen LogP contribution is -2.08. The summed E-state index contributed by atoms with van der Waals surface area (Å²) in [6.07, 6.45) is 3.32. The van der Waals surface area contributed by atoms with E-state index in [-0.39, 0.29) is 5.91 Å². The second kappa shape index (κ2) is 6.34. The lowest BCUT2D eigenvalue weighted by atomic mass is 10.2. The Labute approximate surface area is 121 Å². The summed E-state index contributed by atoms with van der Waals surface area (Å²) in [6.45, 7) is 1.99. The van der Waals surface area contributed by atoms with Crippen LogP contribution in [0.2, 0.25) is 0 Å². The molecule has 0 spiro atoms. The van der Waals surface area contributed by atoms with E-state index in [2.05, 4.69) is 21.2 Å². The van der Waals surface area contributed by atoms with Crippen LogP contribution in [0, 0.1) is 6.92 Å². The maximum atomic E-state index is 11.8. The van der Waals surface area contributed by atoms with Crippen molar-refractivity contribution in [2.45, 2.75) is 6.92 Å². The summed E-state index contributed by atoms with van der Waals surface area (Å²) >= 11 is 3.47. The van der Waals surface area contributed by atoms with Crippen molar-refractivity contribution in [3.63, 3.8) is 0 Å². The summed E-state index contributed by atoms with van der Waals surface area (Å²) in [5.41, 5.74) is 2.87. The van der Waals surface area contributed by atoms with Gasteiger partial charge in [-0.2, -0.15) is 0 Å². The molecule has 96 valence electrons. The van der Waals surface area contributed by atoms with Crippen LogP contribution in [0.25, 0.3) is 6.08 Å². The second-order valence-electron chi connectivity index (χ2n) is 4.17. The lowest BCUT2D eigenvalue weighted by molar-refractivity contribution is -0.111. The van der Waals surface area contributed by atoms with E-state index in [9.17, 15) is 4.79 Å². The van der Waals surface area contributed by atoms with Crippen molar-refractivity contribution in [3.8, 4) is 0 Å². The monoisotopic (exact) mass is 315 g/mol. The van der Waals surface area contributed by atoms with E-state index in [1.165, 1.54) is 6.08 Å². The third-order valence-corrected chi connectivity index (χ3v) is 3.73. The number of nitrogens with one attached hydrogen (secondary N) is 1. The molecule has 0 radical (unpaired) electrons. The Morgan fingerprint density at radius 2 is 1.84 bits per heavy atom. The first-order chi connectivity index (χ1) is 9.16. The first-order valence-electron chi connectivity index (χ1n) is 5.96. The average molecular weight is 316 g/mol. The number of halogens is 1. The minimum absolute atomic E-state index is 0.143. The summed E-state index contributed by atoms with van der Waals surface area (Å²) in [5.74, 6) is -0.143. The summed E-state index contributed by atoms with van der Waals surface area (Å²) in [5, 5.41) is 2.85. The molecule has 19 heavy (non-hydrogen) atoms. The summed E-state index contributed by atoms with van der Waals surface area (Å²) in [7, 11) is 0. The molecule has 2 rings (SSSR count). The molecule has 0 aliphatic rings. The Kier molecular flexibility index (Phi) is 4.53. The first kappa shape index (κ1) is 13.6. The average Bonchev–Trinajstić information content (AvgIpc) is 2.43. The largest absolute Gasteiger partial charge is 0.321 e. The standard InChI is InChI=1S/C16H14BrNO/c1-12-6-5-9-14(16(12)17)18-15(19)11-10-13-7-3-2-4-8-13/h2-11H,1H3,(H,18,19)/b11-10+. The molecule has 1 N–H and O–H groups in total. The summed E-state index contributed by atoms with van der Waals surface area (Å²) in [6, 6.07) is 15.5. The van der Waals surface area contributed by atoms with Gasteiger partial charge in [0, 0.05) is 10.5 Å². The van der Waals surface area contributed by atoms with Crippen molar-refractivity contribution < 1.29 is 4.79 Å². The van der Waals surface area contributed by atoms with E-state index in [0.717, 1.165) is 21.3 Å². The van der Waals surface area contributed by atoms with Gasteiger partial charge < -0.3 is 5.32 Å². The second-order valence-corrected chi connectivity index (χ2v) is 4.96. The molecule has 1 amide bonds. The number of anilines is 1. The Morgan fingerprint density at radius 3 is 2.58 bits per heavy atom. The quantitative estimate of drug-likeness (QED) is 0.835. The molecule has 0 aromatic heterocycles. The van der Waals surface area contributed by atoms with E-state index >= 15 is 0 Å². The van der Waals surface area contributed by atoms with Crippen molar-refractivity contribution in [2.75, 3.05) is 5.32 Å². The third kappa shape index (κ3) is 3.80. The zero-order chi connectivity index (χ0) is 13.7. The first-order valence-corrected chi connectivity index (χ1v) is 6.75. The molecule has 0 unspecified atom stereocenters. The van der Waals surface area contributed by atoms with E-state index < -0.39 is 0 Å². The van der Waals surface area contributed by atoms with Gasteiger partial charge in [-0.1, -0.05) is 42.5 Å². The fraction of sp³-hybridized carbons (Fsp3) is 0.0625. The topological polar surface area (TPSA) is 29.1 Å². The maximum absolute atomic E-state index is 11.8. The van der Waals surface area contributed by atoms with Crippen LogP contribution in [0.4, 0.5) is 5.69 Å². The van der Waals surface area contributed by atoms with E-state index in [1.807, 2.05) is 55.5 Å². The Morgan fingerprint density at radius 1 is 1.11 bits per heavy atom. The fourth-order valence-corrected chi connectivity index (χ4v) is 2.02. The van der Waals surface area contributed by atoms with Crippen LogP contribution >= 0.6 is 15.9 Å². The Balaban J connectivity index is 2.06. The molecular weight excluding hydrogens is 302 g/mol. The fourth-order valence-electron chi connectivity index (χ4n) is 1.65. The number of benzene rings is 2. The SMILES string of the molecule is Cc1cccc(NC(=O)/C=C/c2ccccc2)c1Br. The van der Waals surface area contributed by atoms with Crippen LogP contribution in [0.5, 0.6) is 0 Å². The molecule has 3 heteroatoms. The van der Waals surface area contributed by atoms with Gasteiger partial charge in [0.25, 0.3) is 0 Å². The minimum atomic E-state index is -0.143. The van der Waals surface area contributed by atoms with Gasteiger partial charge in [-0.15, -0.1) is 0 Å². The number of rotatable bonds is 3. The molecule has 0 saturated heterocycles. The van der Waals surface area contributed by atoms with Crippen molar-refractivity contribution in [1.82, 2.24) is 0 Å². The molecule has 0 aliphatic carbocycles. The number of hydrogen-bond acceptors (Lipinski definition) is 1. The van der Waals surface area contributed by atoms with Crippen LogP contribution in [-0.4, -0.2) is 5.91 Å². The molecule has 0 bridgehead atoms. The van der Waals surface area contributed by atoms with Gasteiger partial charge in [0.05, 0.1) is 5.69 Å². The highest BCUT2D eigenvalue weighted by atomic mass is 79.9.